The topological polar surface area (TPSA) is 28.7 Å². The van der Waals surface area contributed by atoms with E-state index in [9.17, 15) is 0 Å². The smallest absolute Gasteiger partial charge is 0.0645 e. The van der Waals surface area contributed by atoms with Crippen LogP contribution >= 0.6 is 0 Å². The average Bonchev–Trinajstić information content (AvgIpc) is 2.55. The van der Waals surface area contributed by atoms with E-state index in [1.807, 2.05) is 12.4 Å². The van der Waals surface area contributed by atoms with E-state index < -0.39 is 0 Å². The standard InChI is InChI=1S/C14H20N2/c1-9(2)12-10-6-7-15-8-11(10)16-13(12)14(3,4)5/h6-9,16H,1-5H3. The highest BCUT2D eigenvalue weighted by atomic mass is 14.8. The molecule has 0 fully saturated rings. The Hall–Kier alpha value is -1.31. The van der Waals surface area contributed by atoms with Gasteiger partial charge in [-0.1, -0.05) is 34.6 Å². The Bertz CT molecular complexity index is 501. The monoisotopic (exact) mass is 216 g/mol. The van der Waals surface area contributed by atoms with Crippen LogP contribution in [0.4, 0.5) is 0 Å². The summed E-state index contributed by atoms with van der Waals surface area (Å²) >= 11 is 0. The van der Waals surface area contributed by atoms with Crippen molar-refractivity contribution in [2.45, 2.75) is 46.0 Å². The zero-order chi connectivity index (χ0) is 11.9. The number of aromatic nitrogens is 2. The molecular weight excluding hydrogens is 196 g/mol. The highest BCUT2D eigenvalue weighted by Crippen LogP contribution is 2.35. The molecule has 0 spiro atoms. The number of rotatable bonds is 1. The predicted octanol–water partition coefficient (Wildman–Crippen LogP) is 3.98. The Labute approximate surface area is 97.1 Å². The van der Waals surface area contributed by atoms with Gasteiger partial charge in [0.1, 0.15) is 0 Å². The van der Waals surface area contributed by atoms with E-state index in [-0.39, 0.29) is 5.41 Å². The van der Waals surface area contributed by atoms with Gasteiger partial charge in [-0.3, -0.25) is 4.98 Å². The molecule has 0 saturated heterocycles. The molecule has 2 aromatic heterocycles. The number of pyridine rings is 1. The lowest BCUT2D eigenvalue weighted by molar-refractivity contribution is 0.562. The van der Waals surface area contributed by atoms with Crippen LogP contribution in [0.2, 0.25) is 0 Å². The van der Waals surface area contributed by atoms with E-state index in [1.54, 1.807) is 0 Å². The first kappa shape index (κ1) is 11.2. The Morgan fingerprint density at radius 3 is 2.50 bits per heavy atom. The summed E-state index contributed by atoms with van der Waals surface area (Å²) in [5.74, 6) is 0.533. The van der Waals surface area contributed by atoms with Gasteiger partial charge in [-0.15, -0.1) is 0 Å². The number of hydrogen-bond donors (Lipinski definition) is 1. The molecule has 2 heteroatoms. The van der Waals surface area contributed by atoms with E-state index in [0.29, 0.717) is 5.92 Å². The number of nitrogens with one attached hydrogen (secondary N) is 1. The summed E-state index contributed by atoms with van der Waals surface area (Å²) in [5.41, 5.74) is 4.07. The second-order valence-corrected chi connectivity index (χ2v) is 5.74. The van der Waals surface area contributed by atoms with Crippen LogP contribution in [0.15, 0.2) is 18.5 Å². The molecule has 2 aromatic rings. The van der Waals surface area contributed by atoms with Gasteiger partial charge in [0.2, 0.25) is 0 Å². The van der Waals surface area contributed by atoms with Gasteiger partial charge in [0.25, 0.3) is 0 Å². The fourth-order valence-corrected chi connectivity index (χ4v) is 2.26. The molecule has 2 rings (SSSR count). The van der Waals surface area contributed by atoms with Gasteiger partial charge in [-0.2, -0.15) is 0 Å². The minimum absolute atomic E-state index is 0.151. The molecule has 0 atom stereocenters. The van der Waals surface area contributed by atoms with Crippen LogP contribution in [0.5, 0.6) is 0 Å². The molecule has 0 amide bonds. The van der Waals surface area contributed by atoms with Gasteiger partial charge in [-0.25, -0.2) is 0 Å². The minimum atomic E-state index is 0.151. The van der Waals surface area contributed by atoms with Gasteiger partial charge in [0.15, 0.2) is 0 Å². The highest BCUT2D eigenvalue weighted by Gasteiger charge is 2.23. The normalized spacial score (nSPS) is 12.6. The van der Waals surface area contributed by atoms with Gasteiger partial charge in [-0.05, 0) is 17.5 Å². The molecular formula is C14H20N2. The van der Waals surface area contributed by atoms with Gasteiger partial charge in [0, 0.05) is 22.7 Å². The second-order valence-electron chi connectivity index (χ2n) is 5.74. The fraction of sp³-hybridized carbons (Fsp3) is 0.500. The third-order valence-electron chi connectivity index (χ3n) is 2.97. The summed E-state index contributed by atoms with van der Waals surface area (Å²) in [6.45, 7) is 11.2. The Morgan fingerprint density at radius 1 is 1.25 bits per heavy atom. The molecule has 0 saturated carbocycles. The first-order valence-corrected chi connectivity index (χ1v) is 5.87. The Morgan fingerprint density at radius 2 is 1.94 bits per heavy atom. The van der Waals surface area contributed by atoms with Crippen LogP contribution in [-0.2, 0) is 5.41 Å². The van der Waals surface area contributed by atoms with Crippen LogP contribution in [0.3, 0.4) is 0 Å². The zero-order valence-corrected chi connectivity index (χ0v) is 10.8. The summed E-state index contributed by atoms with van der Waals surface area (Å²) in [7, 11) is 0. The maximum Gasteiger partial charge on any atom is 0.0645 e. The molecule has 0 unspecified atom stereocenters. The molecule has 0 aliphatic rings. The molecule has 16 heavy (non-hydrogen) atoms. The molecule has 0 aromatic carbocycles. The summed E-state index contributed by atoms with van der Waals surface area (Å²) < 4.78 is 0. The zero-order valence-electron chi connectivity index (χ0n) is 10.8. The molecule has 2 nitrogen and oxygen atoms in total. The van der Waals surface area contributed by atoms with Crippen molar-refractivity contribution in [1.82, 2.24) is 9.97 Å². The van der Waals surface area contributed by atoms with Gasteiger partial charge in [0.05, 0.1) is 11.7 Å². The van der Waals surface area contributed by atoms with E-state index in [4.69, 9.17) is 0 Å². The van der Waals surface area contributed by atoms with Crippen molar-refractivity contribution in [2.24, 2.45) is 0 Å². The van der Waals surface area contributed by atoms with E-state index in [0.717, 1.165) is 5.52 Å². The minimum Gasteiger partial charge on any atom is -0.356 e. The number of fused-ring (bicyclic) bond motifs is 1. The van der Waals surface area contributed by atoms with Crippen molar-refractivity contribution in [2.75, 3.05) is 0 Å². The van der Waals surface area contributed by atoms with Crippen LogP contribution in [0.25, 0.3) is 10.9 Å². The number of aromatic amines is 1. The van der Waals surface area contributed by atoms with Crippen LogP contribution in [0, 0.1) is 0 Å². The molecule has 0 radical (unpaired) electrons. The van der Waals surface area contributed by atoms with Crippen molar-refractivity contribution in [3.63, 3.8) is 0 Å². The van der Waals surface area contributed by atoms with Gasteiger partial charge >= 0.3 is 0 Å². The first-order valence-electron chi connectivity index (χ1n) is 5.87. The van der Waals surface area contributed by atoms with Crippen LogP contribution in [0.1, 0.15) is 51.8 Å². The maximum absolute atomic E-state index is 4.18. The third-order valence-corrected chi connectivity index (χ3v) is 2.97. The average molecular weight is 216 g/mol. The highest BCUT2D eigenvalue weighted by molar-refractivity contribution is 5.84. The molecule has 1 N–H and O–H groups in total. The van der Waals surface area contributed by atoms with Crippen molar-refractivity contribution >= 4 is 10.9 Å². The fourth-order valence-electron chi connectivity index (χ4n) is 2.26. The number of nitrogens with zero attached hydrogens (tertiary/aromatic N) is 1. The summed E-state index contributed by atoms with van der Waals surface area (Å²) in [4.78, 5) is 7.70. The van der Waals surface area contributed by atoms with Crippen LogP contribution in [-0.4, -0.2) is 9.97 Å². The lowest BCUT2D eigenvalue weighted by Gasteiger charge is -2.21. The molecule has 0 bridgehead atoms. The van der Waals surface area contributed by atoms with E-state index >= 15 is 0 Å². The number of H-pyrrole nitrogens is 1. The van der Waals surface area contributed by atoms with Crippen molar-refractivity contribution in [3.05, 3.63) is 29.7 Å². The Kier molecular flexibility index (Phi) is 2.53. The summed E-state index contributed by atoms with van der Waals surface area (Å²) in [6.07, 6.45) is 3.78. The molecule has 0 aliphatic heterocycles. The molecule has 86 valence electrons. The largest absolute Gasteiger partial charge is 0.356 e. The SMILES string of the molecule is CC(C)c1c(C(C)(C)C)[nH]c2cnccc12. The van der Waals surface area contributed by atoms with Crippen LogP contribution < -0.4 is 0 Å². The molecule has 2 heterocycles. The maximum atomic E-state index is 4.18. The quantitative estimate of drug-likeness (QED) is 0.767. The Balaban J connectivity index is 2.78. The second kappa shape index (κ2) is 3.62. The first-order chi connectivity index (χ1) is 7.41. The number of hydrogen-bond acceptors (Lipinski definition) is 1. The van der Waals surface area contributed by atoms with Crippen molar-refractivity contribution in [3.8, 4) is 0 Å². The lowest BCUT2D eigenvalue weighted by atomic mass is 9.85. The molecule has 0 aliphatic carbocycles. The predicted molar refractivity (Wildman–Crippen MR) is 68.9 cm³/mol. The van der Waals surface area contributed by atoms with E-state index in [2.05, 4.69) is 50.7 Å². The van der Waals surface area contributed by atoms with Gasteiger partial charge < -0.3 is 4.98 Å². The van der Waals surface area contributed by atoms with Crippen molar-refractivity contribution < 1.29 is 0 Å². The van der Waals surface area contributed by atoms with E-state index in [1.165, 1.54) is 16.6 Å². The third kappa shape index (κ3) is 1.73. The van der Waals surface area contributed by atoms with Crippen molar-refractivity contribution in [1.29, 1.82) is 0 Å². The summed E-state index contributed by atoms with van der Waals surface area (Å²) in [6, 6.07) is 2.11. The summed E-state index contributed by atoms with van der Waals surface area (Å²) in [5, 5.41) is 1.31. The lowest BCUT2D eigenvalue weighted by Crippen LogP contribution is -2.14.